The summed E-state index contributed by atoms with van der Waals surface area (Å²) in [6.45, 7) is 0.629. The van der Waals surface area contributed by atoms with Crippen molar-refractivity contribution in [1.29, 1.82) is 0 Å². The van der Waals surface area contributed by atoms with Crippen LogP contribution in [0.2, 0.25) is 5.02 Å². The van der Waals surface area contributed by atoms with Crippen LogP contribution in [0, 0.1) is 18.2 Å². The van der Waals surface area contributed by atoms with Gasteiger partial charge < -0.3 is 5.73 Å². The molecule has 15 heavy (non-hydrogen) atoms. The Labute approximate surface area is 93.6 Å². The van der Waals surface area contributed by atoms with Crippen LogP contribution in [0.5, 0.6) is 0 Å². The predicted molar refractivity (Wildman–Crippen MR) is 60.0 cm³/mol. The molecule has 0 saturated carbocycles. The molecule has 1 rings (SSSR count). The van der Waals surface area contributed by atoms with Crippen LogP contribution < -0.4 is 11.1 Å². The summed E-state index contributed by atoms with van der Waals surface area (Å²) in [5.74, 6) is 2.05. The van der Waals surface area contributed by atoms with Crippen LogP contribution >= 0.6 is 11.6 Å². The minimum Gasteiger partial charge on any atom is -0.329 e. The molecule has 0 heterocycles. The Kier molecular flexibility index (Phi) is 4.57. The monoisotopic (exact) mass is 226 g/mol. The molecular weight excluding hydrogens is 215 g/mol. The fraction of sp³-hybridized carbons (Fsp3) is 0.273. The second-order valence-electron chi connectivity index (χ2n) is 3.04. The Morgan fingerprint density at radius 1 is 1.60 bits per heavy atom. The van der Waals surface area contributed by atoms with Crippen LogP contribution in [0.25, 0.3) is 0 Å². The van der Waals surface area contributed by atoms with Crippen LogP contribution in [-0.2, 0) is 0 Å². The maximum atomic E-state index is 13.5. The highest BCUT2D eigenvalue weighted by atomic mass is 35.5. The van der Waals surface area contributed by atoms with Gasteiger partial charge in [0.25, 0.3) is 0 Å². The average molecular weight is 227 g/mol. The summed E-state index contributed by atoms with van der Waals surface area (Å²) in [4.78, 5) is 0. The van der Waals surface area contributed by atoms with E-state index >= 15 is 0 Å². The van der Waals surface area contributed by atoms with Gasteiger partial charge in [0.1, 0.15) is 5.82 Å². The first-order valence-electron chi connectivity index (χ1n) is 4.51. The number of hydrogen-bond donors (Lipinski definition) is 2. The molecule has 1 unspecified atom stereocenters. The van der Waals surface area contributed by atoms with Crippen molar-refractivity contribution < 1.29 is 4.39 Å². The van der Waals surface area contributed by atoms with Crippen molar-refractivity contribution in [3.63, 3.8) is 0 Å². The van der Waals surface area contributed by atoms with Crippen molar-refractivity contribution in [2.24, 2.45) is 5.73 Å². The van der Waals surface area contributed by atoms with E-state index in [0.717, 1.165) is 0 Å². The zero-order valence-electron chi connectivity index (χ0n) is 8.13. The van der Waals surface area contributed by atoms with Gasteiger partial charge in [-0.1, -0.05) is 23.6 Å². The standard InChI is InChI=1S/C11H12ClFN2/c1-2-5-15-11(7-14)9-4-3-8(12)6-10(9)13/h1,3-4,6,11,15H,5,7,14H2. The van der Waals surface area contributed by atoms with E-state index in [1.165, 1.54) is 6.07 Å². The second kappa shape index (κ2) is 5.72. The SMILES string of the molecule is C#CCNC(CN)c1ccc(Cl)cc1F. The van der Waals surface area contributed by atoms with Gasteiger partial charge in [0, 0.05) is 23.2 Å². The second-order valence-corrected chi connectivity index (χ2v) is 3.48. The zero-order valence-corrected chi connectivity index (χ0v) is 8.89. The van der Waals surface area contributed by atoms with Gasteiger partial charge >= 0.3 is 0 Å². The molecule has 1 aromatic carbocycles. The largest absolute Gasteiger partial charge is 0.329 e. The van der Waals surface area contributed by atoms with Crippen LogP contribution in [0.15, 0.2) is 18.2 Å². The summed E-state index contributed by atoms with van der Waals surface area (Å²) in [5, 5.41) is 3.32. The average Bonchev–Trinajstić information content (AvgIpc) is 2.21. The lowest BCUT2D eigenvalue weighted by atomic mass is 10.1. The summed E-state index contributed by atoms with van der Waals surface area (Å²) in [5.41, 5.74) is 6.01. The summed E-state index contributed by atoms with van der Waals surface area (Å²) in [7, 11) is 0. The minimum atomic E-state index is -0.373. The lowest BCUT2D eigenvalue weighted by Crippen LogP contribution is -2.29. The molecule has 1 aromatic rings. The van der Waals surface area contributed by atoms with Crippen LogP contribution in [0.3, 0.4) is 0 Å². The van der Waals surface area contributed by atoms with E-state index in [-0.39, 0.29) is 18.4 Å². The van der Waals surface area contributed by atoms with Gasteiger partial charge in [-0.15, -0.1) is 6.42 Å². The highest BCUT2D eigenvalue weighted by molar-refractivity contribution is 6.30. The van der Waals surface area contributed by atoms with E-state index in [0.29, 0.717) is 17.1 Å². The lowest BCUT2D eigenvalue weighted by Gasteiger charge is -2.16. The fourth-order valence-corrected chi connectivity index (χ4v) is 1.45. The Morgan fingerprint density at radius 2 is 2.33 bits per heavy atom. The van der Waals surface area contributed by atoms with Crippen molar-refractivity contribution >= 4 is 11.6 Å². The summed E-state index contributed by atoms with van der Waals surface area (Å²) < 4.78 is 13.5. The summed E-state index contributed by atoms with van der Waals surface area (Å²) in [6, 6.07) is 4.22. The van der Waals surface area contributed by atoms with Crippen molar-refractivity contribution in [2.75, 3.05) is 13.1 Å². The number of terminal acetylenes is 1. The highest BCUT2D eigenvalue weighted by Gasteiger charge is 2.13. The number of nitrogens with one attached hydrogen (secondary N) is 1. The molecule has 80 valence electrons. The molecule has 0 spiro atoms. The Bertz CT molecular complexity index is 373. The van der Waals surface area contributed by atoms with Gasteiger partial charge in [-0.05, 0) is 12.1 Å². The Balaban J connectivity index is 2.87. The van der Waals surface area contributed by atoms with Gasteiger partial charge in [0.05, 0.1) is 6.54 Å². The van der Waals surface area contributed by atoms with Crippen molar-refractivity contribution in [1.82, 2.24) is 5.32 Å². The zero-order chi connectivity index (χ0) is 11.3. The number of rotatable bonds is 4. The Morgan fingerprint density at radius 3 is 2.87 bits per heavy atom. The third-order valence-electron chi connectivity index (χ3n) is 2.02. The number of hydrogen-bond acceptors (Lipinski definition) is 2. The lowest BCUT2D eigenvalue weighted by molar-refractivity contribution is 0.530. The minimum absolute atomic E-state index is 0.278. The van der Waals surface area contributed by atoms with E-state index in [1.54, 1.807) is 12.1 Å². The van der Waals surface area contributed by atoms with Gasteiger partial charge in [0.2, 0.25) is 0 Å². The fourth-order valence-electron chi connectivity index (χ4n) is 1.29. The van der Waals surface area contributed by atoms with E-state index in [1.807, 2.05) is 0 Å². The van der Waals surface area contributed by atoms with Gasteiger partial charge in [-0.3, -0.25) is 5.32 Å². The molecule has 0 amide bonds. The van der Waals surface area contributed by atoms with Crippen LogP contribution in [0.1, 0.15) is 11.6 Å². The van der Waals surface area contributed by atoms with E-state index in [9.17, 15) is 4.39 Å². The number of halogens is 2. The molecular formula is C11H12ClFN2. The molecule has 0 fully saturated rings. The number of benzene rings is 1. The third-order valence-corrected chi connectivity index (χ3v) is 2.26. The maximum absolute atomic E-state index is 13.5. The smallest absolute Gasteiger partial charge is 0.129 e. The van der Waals surface area contributed by atoms with E-state index in [4.69, 9.17) is 23.8 Å². The predicted octanol–water partition coefficient (Wildman–Crippen LogP) is 1.70. The molecule has 0 aromatic heterocycles. The normalized spacial score (nSPS) is 12.1. The van der Waals surface area contributed by atoms with Gasteiger partial charge in [-0.2, -0.15) is 0 Å². The first-order chi connectivity index (χ1) is 7.19. The topological polar surface area (TPSA) is 38.0 Å². The first kappa shape index (κ1) is 12.0. The van der Waals surface area contributed by atoms with Crippen molar-refractivity contribution in [3.8, 4) is 12.3 Å². The molecule has 0 bridgehead atoms. The third kappa shape index (κ3) is 3.21. The molecule has 0 aliphatic rings. The molecule has 3 N–H and O–H groups in total. The molecule has 4 heteroatoms. The molecule has 0 aliphatic carbocycles. The highest BCUT2D eigenvalue weighted by Crippen LogP contribution is 2.19. The van der Waals surface area contributed by atoms with Crippen LogP contribution in [0.4, 0.5) is 4.39 Å². The quantitative estimate of drug-likeness (QED) is 0.767. The Hall–Kier alpha value is -1.08. The molecule has 0 radical (unpaired) electrons. The summed E-state index contributed by atoms with van der Waals surface area (Å²) >= 11 is 5.65. The van der Waals surface area contributed by atoms with Crippen molar-refractivity contribution in [2.45, 2.75) is 6.04 Å². The van der Waals surface area contributed by atoms with Crippen LogP contribution in [-0.4, -0.2) is 13.1 Å². The van der Waals surface area contributed by atoms with E-state index < -0.39 is 0 Å². The van der Waals surface area contributed by atoms with Crippen molar-refractivity contribution in [3.05, 3.63) is 34.6 Å². The van der Waals surface area contributed by atoms with Gasteiger partial charge in [-0.25, -0.2) is 4.39 Å². The molecule has 2 nitrogen and oxygen atoms in total. The summed E-state index contributed by atoms with van der Waals surface area (Å²) in [6.07, 6.45) is 5.10. The van der Waals surface area contributed by atoms with Gasteiger partial charge in [0.15, 0.2) is 0 Å². The molecule has 0 aliphatic heterocycles. The molecule has 0 saturated heterocycles. The maximum Gasteiger partial charge on any atom is 0.129 e. The first-order valence-corrected chi connectivity index (χ1v) is 4.88. The molecule has 1 atom stereocenters. The number of nitrogens with two attached hydrogens (primary N) is 1. The van der Waals surface area contributed by atoms with E-state index in [2.05, 4.69) is 11.2 Å².